The van der Waals surface area contributed by atoms with Crippen molar-refractivity contribution in [3.63, 3.8) is 0 Å². The normalized spacial score (nSPS) is 20.0. The maximum atomic E-state index is 14.7. The summed E-state index contributed by atoms with van der Waals surface area (Å²) < 4.78 is 16.6. The molecule has 0 aliphatic carbocycles. The molecule has 3 atom stereocenters. The van der Waals surface area contributed by atoms with Crippen LogP contribution < -0.4 is 11.1 Å². The number of nitrogens with zero attached hydrogens (tertiary/aromatic N) is 5. The van der Waals surface area contributed by atoms with Crippen LogP contribution >= 0.6 is 22.7 Å². The Balaban J connectivity index is 1.19. The van der Waals surface area contributed by atoms with E-state index in [1.165, 1.54) is 27.6 Å². The third kappa shape index (κ3) is 5.37. The molecule has 0 radical (unpaired) electrons. The molecule has 4 aromatic rings. The molecular formula is C31H30FN7O3S2. The molecule has 3 aromatic heterocycles. The van der Waals surface area contributed by atoms with Crippen molar-refractivity contribution in [2.45, 2.75) is 51.9 Å². The van der Waals surface area contributed by atoms with Gasteiger partial charge in [0.25, 0.3) is 5.91 Å². The van der Waals surface area contributed by atoms with Crippen LogP contribution in [0.3, 0.4) is 0 Å². The Bertz CT molecular complexity index is 1890. The van der Waals surface area contributed by atoms with Gasteiger partial charge in [0.2, 0.25) is 11.8 Å². The molecule has 44 heavy (non-hydrogen) atoms. The van der Waals surface area contributed by atoms with Crippen LogP contribution in [0, 0.1) is 6.92 Å². The third-order valence-electron chi connectivity index (χ3n) is 7.83. The number of aliphatic imine (C=N–C) groups is 1. The lowest BCUT2D eigenvalue weighted by molar-refractivity contribution is -0.137. The van der Waals surface area contributed by atoms with Crippen molar-refractivity contribution in [3.05, 3.63) is 75.8 Å². The molecule has 6 rings (SSSR count). The molecule has 0 bridgehead atoms. The molecular weight excluding hydrogens is 602 g/mol. The summed E-state index contributed by atoms with van der Waals surface area (Å²) in [7, 11) is 0. The summed E-state index contributed by atoms with van der Waals surface area (Å²) in [4.78, 5) is 54.9. The van der Waals surface area contributed by atoms with Crippen LogP contribution in [0.5, 0.6) is 0 Å². The second-order valence-corrected chi connectivity index (χ2v) is 12.4. The van der Waals surface area contributed by atoms with Crippen LogP contribution in [0.2, 0.25) is 0 Å². The van der Waals surface area contributed by atoms with Gasteiger partial charge in [0, 0.05) is 28.9 Å². The first-order chi connectivity index (χ1) is 21.2. The van der Waals surface area contributed by atoms with Crippen LogP contribution in [-0.4, -0.2) is 61.5 Å². The number of primary amides is 1. The number of likely N-dealkylation sites (tertiary alicyclic amines) is 1. The molecule has 0 saturated carbocycles. The van der Waals surface area contributed by atoms with Crippen molar-refractivity contribution in [1.29, 1.82) is 0 Å². The maximum Gasteiger partial charge on any atom is 0.267 e. The highest BCUT2D eigenvalue weighted by atomic mass is 32.1. The number of nitrogens with one attached hydrogen (secondary N) is 1. The number of anilines is 1. The largest absolute Gasteiger partial charge is 0.364 e. The zero-order valence-corrected chi connectivity index (χ0v) is 25.9. The fraction of sp³-hybridized carbons (Fsp3) is 0.290. The molecule has 10 nitrogen and oxygen atoms in total. The number of carbonyl (C=O) groups is 3. The van der Waals surface area contributed by atoms with Gasteiger partial charge in [-0.15, -0.1) is 22.7 Å². The maximum absolute atomic E-state index is 14.7. The predicted octanol–water partition coefficient (Wildman–Crippen LogP) is 5.10. The first-order valence-corrected chi connectivity index (χ1v) is 15.9. The van der Waals surface area contributed by atoms with Crippen molar-refractivity contribution in [2.75, 3.05) is 11.9 Å². The number of benzene rings is 1. The predicted molar refractivity (Wildman–Crippen MR) is 171 cm³/mol. The molecule has 2 aliphatic heterocycles. The zero-order chi connectivity index (χ0) is 31.1. The minimum Gasteiger partial charge on any atom is -0.364 e. The highest BCUT2D eigenvalue weighted by Crippen LogP contribution is 2.36. The Labute approximate surface area is 260 Å². The fourth-order valence-electron chi connectivity index (χ4n) is 5.84. The van der Waals surface area contributed by atoms with Gasteiger partial charge in [0.1, 0.15) is 23.6 Å². The van der Waals surface area contributed by atoms with E-state index in [1.54, 1.807) is 0 Å². The third-order valence-corrected chi connectivity index (χ3v) is 9.34. The minimum absolute atomic E-state index is 0.0994. The Hall–Kier alpha value is -4.49. The molecule has 1 fully saturated rings. The minimum atomic E-state index is -1.35. The zero-order valence-electron chi connectivity index (χ0n) is 24.3. The van der Waals surface area contributed by atoms with Crippen LogP contribution in [0.1, 0.15) is 55.1 Å². The average molecular weight is 632 g/mol. The number of aromatic nitrogens is 3. The van der Waals surface area contributed by atoms with E-state index in [0.717, 1.165) is 27.5 Å². The summed E-state index contributed by atoms with van der Waals surface area (Å²) in [6.07, 6.45) is 6.14. The number of nitrogens with two attached hydrogens (primary N) is 1. The van der Waals surface area contributed by atoms with Gasteiger partial charge < -0.3 is 16.0 Å². The van der Waals surface area contributed by atoms with Gasteiger partial charge >= 0.3 is 0 Å². The number of rotatable bonds is 8. The Kier molecular flexibility index (Phi) is 7.99. The summed E-state index contributed by atoms with van der Waals surface area (Å²) in [5.41, 5.74) is 11.2. The summed E-state index contributed by atoms with van der Waals surface area (Å²) in [6, 6.07) is 3.91. The van der Waals surface area contributed by atoms with E-state index in [0.29, 0.717) is 22.0 Å². The number of fused-ring (bicyclic) bond motifs is 2. The second kappa shape index (κ2) is 11.9. The van der Waals surface area contributed by atoms with E-state index in [1.807, 2.05) is 78.6 Å². The number of thiazole rings is 2. The van der Waals surface area contributed by atoms with E-state index in [9.17, 15) is 18.8 Å². The van der Waals surface area contributed by atoms with Crippen LogP contribution in [0.15, 0.2) is 58.4 Å². The number of halogens is 1. The molecule has 3 amide bonds. The highest BCUT2D eigenvalue weighted by molar-refractivity contribution is 7.15. The van der Waals surface area contributed by atoms with Crippen molar-refractivity contribution in [2.24, 2.45) is 10.7 Å². The molecule has 226 valence electrons. The lowest BCUT2D eigenvalue weighted by Gasteiger charge is -2.24. The number of imidazole rings is 1. The van der Waals surface area contributed by atoms with Crippen LogP contribution in [-0.2, 0) is 14.4 Å². The summed E-state index contributed by atoms with van der Waals surface area (Å²) in [5.74, 6) is -1.63. The van der Waals surface area contributed by atoms with E-state index >= 15 is 0 Å². The Morgan fingerprint density at radius 2 is 2.02 bits per heavy atom. The number of aryl methyl sites for hydroxylation is 1. The number of hydrogen-bond donors (Lipinski definition) is 2. The second-order valence-electron chi connectivity index (χ2n) is 10.6. The lowest BCUT2D eigenvalue weighted by Crippen LogP contribution is -2.43. The standard InChI is InChI=1S/C31H30FN7O3S2/c1-4-6-17(5-2)18-7-8-20-21(11-18)26(28(33)41)35-22(20)13-25(40)39-14-19(32)12-24(39)29(42)37-30-36-23(15-44-30)27-16(3)34-31-38(27)9-10-43-31/h4-11,15,19,22,24H,12-14H2,1-3H3,(H2,33,41)(H,36,37,42)/t19-,22?,24+/m1/s1. The Morgan fingerprint density at radius 3 is 2.77 bits per heavy atom. The van der Waals surface area contributed by atoms with Crippen molar-refractivity contribution < 1.29 is 18.8 Å². The SMILES string of the molecule is CC=CC(=CC)c1ccc2c(c1)C(C(N)=O)=NC2CC(=O)N1C[C@H](F)C[C@H]1C(=O)Nc1nc(-c2c(C)nc3sccn23)cs1. The first-order valence-electron chi connectivity index (χ1n) is 14.1. The van der Waals surface area contributed by atoms with Crippen LogP contribution in [0.25, 0.3) is 21.9 Å². The van der Waals surface area contributed by atoms with E-state index in [4.69, 9.17) is 5.73 Å². The van der Waals surface area contributed by atoms with E-state index < -0.39 is 36.0 Å². The lowest BCUT2D eigenvalue weighted by atomic mass is 9.94. The van der Waals surface area contributed by atoms with E-state index in [2.05, 4.69) is 20.3 Å². The number of alkyl halides is 1. The molecule has 0 spiro atoms. The number of carbonyl (C=O) groups excluding carboxylic acids is 3. The van der Waals surface area contributed by atoms with Gasteiger partial charge in [-0.1, -0.05) is 30.4 Å². The molecule has 1 saturated heterocycles. The summed E-state index contributed by atoms with van der Waals surface area (Å²) in [5, 5.41) is 6.89. The van der Waals surface area contributed by atoms with Gasteiger partial charge in [-0.2, -0.15) is 0 Å². The Morgan fingerprint density at radius 1 is 1.20 bits per heavy atom. The van der Waals surface area contributed by atoms with Gasteiger partial charge in [-0.25, -0.2) is 14.4 Å². The monoisotopic (exact) mass is 631 g/mol. The van der Waals surface area contributed by atoms with Crippen molar-refractivity contribution >= 4 is 61.8 Å². The molecule has 5 heterocycles. The number of hydrogen-bond acceptors (Lipinski definition) is 8. The summed E-state index contributed by atoms with van der Waals surface area (Å²) >= 11 is 2.76. The van der Waals surface area contributed by atoms with Crippen molar-refractivity contribution in [1.82, 2.24) is 19.3 Å². The quantitative estimate of drug-likeness (QED) is 0.261. The average Bonchev–Trinajstić information content (AvgIpc) is 3.81. The first kappa shape index (κ1) is 29.6. The molecule has 1 aromatic carbocycles. The molecule has 13 heteroatoms. The molecule has 1 unspecified atom stereocenters. The fourth-order valence-corrected chi connectivity index (χ4v) is 7.30. The smallest absolute Gasteiger partial charge is 0.267 e. The highest BCUT2D eigenvalue weighted by Gasteiger charge is 2.41. The van der Waals surface area contributed by atoms with Gasteiger partial charge in [-0.3, -0.25) is 23.8 Å². The molecule has 3 N–H and O–H groups in total. The number of allylic oxidation sites excluding steroid dienone is 4. The van der Waals surface area contributed by atoms with E-state index in [-0.39, 0.29) is 25.1 Å². The van der Waals surface area contributed by atoms with Gasteiger partial charge in [0.15, 0.2) is 10.1 Å². The summed E-state index contributed by atoms with van der Waals surface area (Å²) in [6.45, 7) is 5.53. The van der Waals surface area contributed by atoms with Gasteiger partial charge in [0.05, 0.1) is 30.4 Å². The van der Waals surface area contributed by atoms with Gasteiger partial charge in [-0.05, 0) is 43.5 Å². The van der Waals surface area contributed by atoms with Crippen LogP contribution in [0.4, 0.5) is 9.52 Å². The molecule has 2 aliphatic rings. The van der Waals surface area contributed by atoms with Crippen molar-refractivity contribution in [3.8, 4) is 11.4 Å². The number of amides is 3. The topological polar surface area (TPSA) is 135 Å².